The number of nitrogens with zero attached hydrogens (tertiary/aromatic N) is 2. The summed E-state index contributed by atoms with van der Waals surface area (Å²) in [6, 6.07) is 0.187. The van der Waals surface area contributed by atoms with Crippen molar-refractivity contribution >= 4 is 21.8 Å². The Kier molecular flexibility index (Phi) is 3.84. The highest BCUT2D eigenvalue weighted by molar-refractivity contribution is 7.99. The summed E-state index contributed by atoms with van der Waals surface area (Å²) >= 11 is 1.92. The van der Waals surface area contributed by atoms with Crippen molar-refractivity contribution in [3.8, 4) is 0 Å². The molecular formula is C13H21N3O3S2. The molecule has 6 nitrogen and oxygen atoms in total. The highest BCUT2D eigenvalue weighted by atomic mass is 32.2. The van der Waals surface area contributed by atoms with Crippen molar-refractivity contribution in [3.05, 3.63) is 11.4 Å². The lowest BCUT2D eigenvalue weighted by Gasteiger charge is -2.38. The fourth-order valence-corrected chi connectivity index (χ4v) is 5.83. The van der Waals surface area contributed by atoms with E-state index in [1.165, 1.54) is 0 Å². The molecule has 0 amide bonds. The molecule has 2 unspecified atom stereocenters. The third-order valence-corrected chi connectivity index (χ3v) is 6.81. The molecule has 0 bridgehead atoms. The van der Waals surface area contributed by atoms with Crippen LogP contribution in [-0.2, 0) is 14.8 Å². The first-order chi connectivity index (χ1) is 9.82. The van der Waals surface area contributed by atoms with E-state index in [1.807, 2.05) is 16.4 Å². The van der Waals surface area contributed by atoms with Crippen LogP contribution in [0, 0.1) is 13.8 Å². The second-order valence-corrected chi connectivity index (χ2v) is 8.57. The maximum absolute atomic E-state index is 11.7. The van der Waals surface area contributed by atoms with Crippen LogP contribution >= 0.6 is 11.8 Å². The van der Waals surface area contributed by atoms with Gasteiger partial charge in [-0.2, -0.15) is 16.9 Å². The summed E-state index contributed by atoms with van der Waals surface area (Å²) in [6.45, 7) is 4.18. The van der Waals surface area contributed by atoms with Crippen LogP contribution in [0.3, 0.4) is 0 Å². The number of aryl methyl sites for hydroxylation is 1. The van der Waals surface area contributed by atoms with Crippen LogP contribution in [0.2, 0.25) is 0 Å². The zero-order valence-electron chi connectivity index (χ0n) is 12.3. The van der Waals surface area contributed by atoms with Gasteiger partial charge >= 0.3 is 0 Å². The van der Waals surface area contributed by atoms with Crippen LogP contribution in [0.5, 0.6) is 0 Å². The van der Waals surface area contributed by atoms with Gasteiger partial charge in [-0.05, 0) is 38.9 Å². The highest BCUT2D eigenvalue weighted by Gasteiger charge is 2.42. The maximum Gasteiger partial charge on any atom is 0.241 e. The van der Waals surface area contributed by atoms with Gasteiger partial charge < -0.3 is 4.74 Å². The first-order valence-corrected chi connectivity index (χ1v) is 9.83. The quantitative estimate of drug-likeness (QED) is 0.884. The van der Waals surface area contributed by atoms with Crippen molar-refractivity contribution in [2.24, 2.45) is 5.14 Å². The minimum Gasteiger partial charge on any atom is -0.374 e. The normalized spacial score (nSPS) is 30.1. The number of ether oxygens (including phenoxy) is 1. The lowest BCUT2D eigenvalue weighted by Crippen LogP contribution is -2.41. The Morgan fingerprint density at radius 1 is 1.48 bits per heavy atom. The summed E-state index contributed by atoms with van der Waals surface area (Å²) in [4.78, 5) is 0.170. The van der Waals surface area contributed by atoms with E-state index < -0.39 is 10.0 Å². The number of hydrogen-bond donors (Lipinski definition) is 1. The number of nitrogens with two attached hydrogens (primary N) is 1. The second kappa shape index (κ2) is 5.26. The Bertz CT molecular complexity index is 648. The predicted octanol–water partition coefficient (Wildman–Crippen LogP) is 1.37. The molecule has 0 saturated carbocycles. The molecule has 3 rings (SSSR count). The van der Waals surface area contributed by atoms with Crippen molar-refractivity contribution in [2.45, 2.75) is 49.6 Å². The molecule has 1 aromatic rings. The Balaban J connectivity index is 1.94. The number of sulfonamides is 1. The third kappa shape index (κ3) is 2.74. The van der Waals surface area contributed by atoms with Crippen LogP contribution in [-0.4, -0.2) is 41.9 Å². The monoisotopic (exact) mass is 331 g/mol. The SMILES string of the molecule is Cc1nn(C2CCOC3(CCSC3)C2)c(C)c1S(N)(=O)=O. The van der Waals surface area contributed by atoms with E-state index in [9.17, 15) is 8.42 Å². The Morgan fingerprint density at radius 2 is 2.24 bits per heavy atom. The second-order valence-electron chi connectivity index (χ2n) is 5.97. The van der Waals surface area contributed by atoms with Gasteiger partial charge in [0.1, 0.15) is 4.90 Å². The van der Waals surface area contributed by atoms with Crippen molar-refractivity contribution in [1.82, 2.24) is 9.78 Å². The van der Waals surface area contributed by atoms with Crippen molar-refractivity contribution in [3.63, 3.8) is 0 Å². The maximum atomic E-state index is 11.7. The highest BCUT2D eigenvalue weighted by Crippen LogP contribution is 2.42. The van der Waals surface area contributed by atoms with Gasteiger partial charge in [0, 0.05) is 12.4 Å². The molecule has 0 radical (unpaired) electrons. The van der Waals surface area contributed by atoms with E-state index in [1.54, 1.807) is 13.8 Å². The number of thioether (sulfide) groups is 1. The van der Waals surface area contributed by atoms with Crippen molar-refractivity contribution in [2.75, 3.05) is 18.1 Å². The Labute approximate surface area is 129 Å². The lowest BCUT2D eigenvalue weighted by molar-refractivity contribution is -0.0781. The van der Waals surface area contributed by atoms with E-state index in [-0.39, 0.29) is 16.5 Å². The number of aromatic nitrogens is 2. The van der Waals surface area contributed by atoms with Crippen LogP contribution in [0.1, 0.15) is 36.7 Å². The molecule has 21 heavy (non-hydrogen) atoms. The largest absolute Gasteiger partial charge is 0.374 e. The molecule has 2 aliphatic rings. The van der Waals surface area contributed by atoms with Crippen LogP contribution < -0.4 is 5.14 Å². The van der Waals surface area contributed by atoms with Gasteiger partial charge in [0.2, 0.25) is 10.0 Å². The van der Waals surface area contributed by atoms with Gasteiger partial charge in [-0.15, -0.1) is 0 Å². The van der Waals surface area contributed by atoms with Crippen LogP contribution in [0.25, 0.3) is 0 Å². The molecule has 2 saturated heterocycles. The van der Waals surface area contributed by atoms with Crippen molar-refractivity contribution < 1.29 is 13.2 Å². The molecule has 2 N–H and O–H groups in total. The first-order valence-electron chi connectivity index (χ1n) is 7.13. The molecule has 0 aromatic carbocycles. The van der Waals surface area contributed by atoms with E-state index in [0.29, 0.717) is 18.0 Å². The van der Waals surface area contributed by atoms with Crippen LogP contribution in [0.15, 0.2) is 4.90 Å². The summed E-state index contributed by atoms with van der Waals surface area (Å²) in [5, 5.41) is 9.76. The van der Waals surface area contributed by atoms with Gasteiger partial charge in [-0.1, -0.05) is 0 Å². The molecule has 2 atom stereocenters. The van der Waals surface area contributed by atoms with Gasteiger partial charge in [0.25, 0.3) is 0 Å². The molecule has 3 heterocycles. The molecular weight excluding hydrogens is 310 g/mol. The van der Waals surface area contributed by atoms with Gasteiger partial charge in [-0.3, -0.25) is 4.68 Å². The summed E-state index contributed by atoms with van der Waals surface area (Å²) in [7, 11) is -3.73. The first kappa shape index (κ1) is 15.3. The van der Waals surface area contributed by atoms with E-state index in [2.05, 4.69) is 5.10 Å². The number of hydrogen-bond acceptors (Lipinski definition) is 5. The van der Waals surface area contributed by atoms with Crippen molar-refractivity contribution in [1.29, 1.82) is 0 Å². The summed E-state index contributed by atoms with van der Waals surface area (Å²) in [5.74, 6) is 2.15. The lowest BCUT2D eigenvalue weighted by atomic mass is 9.90. The molecule has 118 valence electrons. The van der Waals surface area contributed by atoms with Gasteiger partial charge in [-0.25, -0.2) is 13.6 Å². The minimum atomic E-state index is -3.73. The summed E-state index contributed by atoms with van der Waals surface area (Å²) < 4.78 is 31.3. The summed E-state index contributed by atoms with van der Waals surface area (Å²) in [5.41, 5.74) is 1.07. The van der Waals surface area contributed by atoms with E-state index >= 15 is 0 Å². The molecule has 2 aliphatic heterocycles. The standard InChI is InChI=1S/C13H21N3O3S2/c1-9-12(21(14,17)18)10(2)16(15-9)11-3-5-19-13(7-11)4-6-20-8-13/h11H,3-8H2,1-2H3,(H2,14,17,18). The predicted molar refractivity (Wildman–Crippen MR) is 82.0 cm³/mol. The van der Waals surface area contributed by atoms with Gasteiger partial charge in [0.05, 0.1) is 23.0 Å². The van der Waals surface area contributed by atoms with E-state index in [4.69, 9.17) is 9.88 Å². The van der Waals surface area contributed by atoms with Crippen LogP contribution in [0.4, 0.5) is 0 Å². The zero-order valence-corrected chi connectivity index (χ0v) is 14.0. The number of rotatable bonds is 2. The van der Waals surface area contributed by atoms with E-state index in [0.717, 1.165) is 30.8 Å². The third-order valence-electron chi connectivity index (χ3n) is 4.42. The Hall–Kier alpha value is -0.570. The molecule has 8 heteroatoms. The fourth-order valence-electron chi connectivity index (χ4n) is 3.49. The molecule has 1 aromatic heterocycles. The molecule has 2 fully saturated rings. The molecule has 0 aliphatic carbocycles. The topological polar surface area (TPSA) is 87.2 Å². The minimum absolute atomic E-state index is 0.0539. The Morgan fingerprint density at radius 3 is 2.81 bits per heavy atom. The summed E-state index contributed by atoms with van der Waals surface area (Å²) in [6.07, 6.45) is 2.82. The average molecular weight is 331 g/mol. The fraction of sp³-hybridized carbons (Fsp3) is 0.769. The average Bonchev–Trinajstić information content (AvgIpc) is 2.94. The number of primary sulfonamides is 1. The molecule has 1 spiro atoms. The smallest absolute Gasteiger partial charge is 0.241 e. The van der Waals surface area contributed by atoms with Gasteiger partial charge in [0.15, 0.2) is 0 Å². The zero-order chi connectivity index (χ0) is 15.3.